The molecule has 5 nitrogen and oxygen atoms in total. The van der Waals surface area contributed by atoms with Crippen molar-refractivity contribution in [3.8, 4) is 0 Å². The number of ether oxygens (including phenoxy) is 1. The van der Waals surface area contributed by atoms with Gasteiger partial charge in [0.15, 0.2) is 0 Å². The highest BCUT2D eigenvalue weighted by atomic mass is 35.5. The first-order valence-electron chi connectivity index (χ1n) is 7.15. The SMILES string of the molecule is COCC(N)C(=O)N1CCC(Nc2ccc(F)cc2)CC1.Cl. The Labute approximate surface area is 136 Å². The van der Waals surface area contributed by atoms with E-state index in [9.17, 15) is 9.18 Å². The molecule has 1 unspecified atom stereocenters. The van der Waals surface area contributed by atoms with Gasteiger partial charge in [-0.05, 0) is 37.1 Å². The van der Waals surface area contributed by atoms with Gasteiger partial charge in [-0.1, -0.05) is 0 Å². The largest absolute Gasteiger partial charge is 0.383 e. The van der Waals surface area contributed by atoms with E-state index < -0.39 is 6.04 Å². The summed E-state index contributed by atoms with van der Waals surface area (Å²) in [6.45, 7) is 1.59. The van der Waals surface area contributed by atoms with Crippen LogP contribution in [0.4, 0.5) is 10.1 Å². The van der Waals surface area contributed by atoms with Crippen molar-refractivity contribution in [2.75, 3.05) is 32.1 Å². The molecule has 0 radical (unpaired) electrons. The van der Waals surface area contributed by atoms with Crippen molar-refractivity contribution < 1.29 is 13.9 Å². The molecule has 0 saturated carbocycles. The van der Waals surface area contributed by atoms with Crippen LogP contribution in [0.1, 0.15) is 12.8 Å². The second-order valence-corrected chi connectivity index (χ2v) is 5.31. The molecular formula is C15H23ClFN3O2. The van der Waals surface area contributed by atoms with Crippen molar-refractivity contribution in [2.24, 2.45) is 5.73 Å². The number of amides is 1. The minimum Gasteiger partial charge on any atom is -0.383 e. The second-order valence-electron chi connectivity index (χ2n) is 5.31. The van der Waals surface area contributed by atoms with Gasteiger partial charge < -0.3 is 20.7 Å². The molecule has 1 heterocycles. The minimum atomic E-state index is -0.586. The van der Waals surface area contributed by atoms with Crippen LogP contribution in [0.2, 0.25) is 0 Å². The van der Waals surface area contributed by atoms with Crippen LogP contribution in [0.5, 0.6) is 0 Å². The molecule has 22 heavy (non-hydrogen) atoms. The van der Waals surface area contributed by atoms with Gasteiger partial charge in [-0.15, -0.1) is 12.4 Å². The Bertz CT molecular complexity index is 464. The molecule has 124 valence electrons. The third kappa shape index (κ3) is 5.12. The average molecular weight is 332 g/mol. The molecule has 1 fully saturated rings. The zero-order chi connectivity index (χ0) is 15.2. The van der Waals surface area contributed by atoms with Gasteiger partial charge in [0.05, 0.1) is 6.61 Å². The molecular weight excluding hydrogens is 309 g/mol. The van der Waals surface area contributed by atoms with Crippen LogP contribution in [0, 0.1) is 5.82 Å². The molecule has 0 bridgehead atoms. The molecule has 1 aliphatic rings. The highest BCUT2D eigenvalue weighted by Gasteiger charge is 2.26. The second kappa shape index (κ2) is 8.92. The molecule has 2 rings (SSSR count). The number of carbonyl (C=O) groups is 1. The number of nitrogens with two attached hydrogens (primary N) is 1. The fraction of sp³-hybridized carbons (Fsp3) is 0.533. The molecule has 3 N–H and O–H groups in total. The highest BCUT2D eigenvalue weighted by molar-refractivity contribution is 5.85. The number of anilines is 1. The van der Waals surface area contributed by atoms with Gasteiger partial charge in [0, 0.05) is 31.9 Å². The van der Waals surface area contributed by atoms with Gasteiger partial charge in [0.2, 0.25) is 5.91 Å². The predicted octanol–water partition coefficient (Wildman–Crippen LogP) is 1.62. The highest BCUT2D eigenvalue weighted by Crippen LogP contribution is 2.17. The van der Waals surface area contributed by atoms with Crippen LogP contribution in [-0.2, 0) is 9.53 Å². The first-order valence-corrected chi connectivity index (χ1v) is 7.15. The molecule has 1 saturated heterocycles. The summed E-state index contributed by atoms with van der Waals surface area (Å²) < 4.78 is 17.8. The Morgan fingerprint density at radius 2 is 2.00 bits per heavy atom. The van der Waals surface area contributed by atoms with E-state index >= 15 is 0 Å². The lowest BCUT2D eigenvalue weighted by atomic mass is 10.0. The number of piperidine rings is 1. The summed E-state index contributed by atoms with van der Waals surface area (Å²) in [6.07, 6.45) is 1.70. The maximum absolute atomic E-state index is 12.8. The standard InChI is InChI=1S/C15H22FN3O2.ClH/c1-21-10-14(17)15(20)19-8-6-13(7-9-19)18-12-4-2-11(16)3-5-12;/h2-5,13-14,18H,6-10,17H2,1H3;1H. The number of likely N-dealkylation sites (tertiary alicyclic amines) is 1. The summed E-state index contributed by atoms with van der Waals surface area (Å²) >= 11 is 0. The first kappa shape index (κ1) is 18.7. The van der Waals surface area contributed by atoms with E-state index in [0.29, 0.717) is 13.1 Å². The zero-order valence-electron chi connectivity index (χ0n) is 12.6. The maximum Gasteiger partial charge on any atom is 0.241 e. The van der Waals surface area contributed by atoms with E-state index in [1.807, 2.05) is 0 Å². The third-order valence-electron chi connectivity index (χ3n) is 3.69. The number of rotatable bonds is 5. The molecule has 0 spiro atoms. The maximum atomic E-state index is 12.8. The summed E-state index contributed by atoms with van der Waals surface area (Å²) in [6, 6.07) is 6.02. The average Bonchev–Trinajstić information content (AvgIpc) is 2.50. The number of methoxy groups -OCH3 is 1. The molecule has 1 amide bonds. The van der Waals surface area contributed by atoms with Crippen molar-refractivity contribution in [1.82, 2.24) is 4.90 Å². The van der Waals surface area contributed by atoms with E-state index in [1.54, 1.807) is 17.0 Å². The Hall–Kier alpha value is -1.37. The lowest BCUT2D eigenvalue weighted by molar-refractivity contribution is -0.134. The van der Waals surface area contributed by atoms with E-state index in [2.05, 4.69) is 5.32 Å². The van der Waals surface area contributed by atoms with Crippen molar-refractivity contribution in [2.45, 2.75) is 24.9 Å². The molecule has 0 aliphatic carbocycles. The molecule has 1 atom stereocenters. The lowest BCUT2D eigenvalue weighted by Crippen LogP contribution is -2.50. The van der Waals surface area contributed by atoms with Crippen LogP contribution >= 0.6 is 12.4 Å². The molecule has 1 aromatic carbocycles. The number of hydrogen-bond donors (Lipinski definition) is 2. The van der Waals surface area contributed by atoms with Gasteiger partial charge in [0.1, 0.15) is 11.9 Å². The number of hydrogen-bond acceptors (Lipinski definition) is 4. The number of nitrogens with one attached hydrogen (secondary N) is 1. The van der Waals surface area contributed by atoms with Gasteiger partial charge in [0.25, 0.3) is 0 Å². The zero-order valence-corrected chi connectivity index (χ0v) is 13.4. The number of halogens is 2. The van der Waals surface area contributed by atoms with Crippen molar-refractivity contribution in [3.63, 3.8) is 0 Å². The Morgan fingerprint density at radius 1 is 1.41 bits per heavy atom. The molecule has 1 aromatic rings. The summed E-state index contributed by atoms with van der Waals surface area (Å²) in [4.78, 5) is 13.8. The Kier molecular flexibility index (Phi) is 7.58. The predicted molar refractivity (Wildman–Crippen MR) is 86.7 cm³/mol. The Balaban J connectivity index is 0.00000242. The fourth-order valence-electron chi connectivity index (χ4n) is 2.51. The van der Waals surface area contributed by atoms with Crippen LogP contribution in [0.3, 0.4) is 0 Å². The quantitative estimate of drug-likeness (QED) is 0.860. The van der Waals surface area contributed by atoms with Gasteiger partial charge in [-0.3, -0.25) is 4.79 Å². The summed E-state index contributed by atoms with van der Waals surface area (Å²) in [5, 5.41) is 3.36. The van der Waals surface area contributed by atoms with E-state index in [4.69, 9.17) is 10.5 Å². The van der Waals surface area contributed by atoms with E-state index in [1.165, 1.54) is 19.2 Å². The monoisotopic (exact) mass is 331 g/mol. The molecule has 7 heteroatoms. The van der Waals surface area contributed by atoms with Crippen LogP contribution in [-0.4, -0.2) is 49.7 Å². The number of nitrogens with zero attached hydrogens (tertiary/aromatic N) is 1. The normalized spacial score (nSPS) is 16.8. The summed E-state index contributed by atoms with van der Waals surface area (Å²) in [7, 11) is 1.53. The Morgan fingerprint density at radius 3 is 2.55 bits per heavy atom. The van der Waals surface area contributed by atoms with Crippen molar-refractivity contribution in [1.29, 1.82) is 0 Å². The van der Waals surface area contributed by atoms with Gasteiger partial charge in [-0.25, -0.2) is 4.39 Å². The van der Waals surface area contributed by atoms with E-state index in [0.717, 1.165) is 18.5 Å². The van der Waals surface area contributed by atoms with E-state index in [-0.39, 0.29) is 36.8 Å². The third-order valence-corrected chi connectivity index (χ3v) is 3.69. The summed E-state index contributed by atoms with van der Waals surface area (Å²) in [5.41, 5.74) is 6.66. The van der Waals surface area contributed by atoms with Crippen LogP contribution < -0.4 is 11.1 Å². The van der Waals surface area contributed by atoms with Gasteiger partial charge in [-0.2, -0.15) is 0 Å². The minimum absolute atomic E-state index is 0. The summed E-state index contributed by atoms with van der Waals surface area (Å²) in [5.74, 6) is -0.301. The number of benzene rings is 1. The molecule has 1 aliphatic heterocycles. The first-order chi connectivity index (χ1) is 10.1. The fourth-order valence-corrected chi connectivity index (χ4v) is 2.51. The topological polar surface area (TPSA) is 67.6 Å². The van der Waals surface area contributed by atoms with Crippen LogP contribution in [0.15, 0.2) is 24.3 Å². The molecule has 0 aromatic heterocycles. The van der Waals surface area contributed by atoms with Crippen molar-refractivity contribution in [3.05, 3.63) is 30.1 Å². The van der Waals surface area contributed by atoms with Crippen molar-refractivity contribution >= 4 is 24.0 Å². The lowest BCUT2D eigenvalue weighted by Gasteiger charge is -2.34. The van der Waals surface area contributed by atoms with Gasteiger partial charge >= 0.3 is 0 Å². The smallest absolute Gasteiger partial charge is 0.241 e. The number of carbonyl (C=O) groups excluding carboxylic acids is 1. The van der Waals surface area contributed by atoms with Crippen LogP contribution in [0.25, 0.3) is 0 Å².